The number of aryl methyl sites for hydroxylation is 2. The molecule has 1 aromatic heterocycles. The summed E-state index contributed by atoms with van der Waals surface area (Å²) in [5.41, 5.74) is 8.59. The predicted molar refractivity (Wildman–Crippen MR) is 83.8 cm³/mol. The van der Waals surface area contributed by atoms with Gasteiger partial charge in [-0.05, 0) is 45.9 Å². The highest BCUT2D eigenvalue weighted by molar-refractivity contribution is 5.95. The summed E-state index contributed by atoms with van der Waals surface area (Å²) in [6, 6.07) is 5.07. The highest BCUT2D eigenvalue weighted by atomic mass is 16.5. The summed E-state index contributed by atoms with van der Waals surface area (Å²) in [4.78, 5) is 11.9. The van der Waals surface area contributed by atoms with Gasteiger partial charge in [0, 0.05) is 11.6 Å². The molecule has 0 bridgehead atoms. The predicted octanol–water partition coefficient (Wildman–Crippen LogP) is 2.59. The minimum absolute atomic E-state index is 0.0733. The standard InChI is InChI=1S/C16H21N3O3/c1-9(2)18-16(20)12-5-6-15(14(17)7-12)21-8-13-10(3)19-22-11(13)4/h5-7,9H,8,17H2,1-4H3,(H,18,20). The van der Waals surface area contributed by atoms with Crippen LogP contribution in [-0.4, -0.2) is 17.1 Å². The molecule has 0 atom stereocenters. The van der Waals surface area contributed by atoms with Gasteiger partial charge in [-0.25, -0.2) is 0 Å². The third-order valence-corrected chi connectivity index (χ3v) is 3.24. The van der Waals surface area contributed by atoms with Crippen molar-refractivity contribution < 1.29 is 14.1 Å². The molecule has 2 rings (SSSR count). The molecule has 6 heteroatoms. The number of nitrogens with one attached hydrogen (secondary N) is 1. The van der Waals surface area contributed by atoms with E-state index in [1.807, 2.05) is 27.7 Å². The number of carbonyl (C=O) groups is 1. The first kappa shape index (κ1) is 15.9. The Morgan fingerprint density at radius 1 is 1.41 bits per heavy atom. The summed E-state index contributed by atoms with van der Waals surface area (Å²) < 4.78 is 10.8. The lowest BCUT2D eigenvalue weighted by molar-refractivity contribution is 0.0943. The van der Waals surface area contributed by atoms with Gasteiger partial charge < -0.3 is 20.3 Å². The second kappa shape index (κ2) is 6.51. The zero-order valence-electron chi connectivity index (χ0n) is 13.3. The van der Waals surface area contributed by atoms with Crippen molar-refractivity contribution in [1.82, 2.24) is 10.5 Å². The summed E-state index contributed by atoms with van der Waals surface area (Å²) >= 11 is 0. The molecular weight excluding hydrogens is 282 g/mol. The van der Waals surface area contributed by atoms with Crippen LogP contribution in [0.15, 0.2) is 22.7 Å². The number of nitrogens with two attached hydrogens (primary N) is 1. The first-order chi connectivity index (χ1) is 10.4. The summed E-state index contributed by atoms with van der Waals surface area (Å²) in [7, 11) is 0. The van der Waals surface area contributed by atoms with E-state index in [9.17, 15) is 4.79 Å². The molecule has 1 amide bonds. The van der Waals surface area contributed by atoms with Gasteiger partial charge in [0.25, 0.3) is 5.91 Å². The molecule has 0 aliphatic heterocycles. The first-order valence-electron chi connectivity index (χ1n) is 7.13. The van der Waals surface area contributed by atoms with Gasteiger partial charge in [-0.15, -0.1) is 0 Å². The van der Waals surface area contributed by atoms with Gasteiger partial charge in [0.2, 0.25) is 0 Å². The number of benzene rings is 1. The molecule has 0 radical (unpaired) electrons. The van der Waals surface area contributed by atoms with Crippen LogP contribution < -0.4 is 15.8 Å². The van der Waals surface area contributed by atoms with Gasteiger partial charge in [-0.2, -0.15) is 0 Å². The average molecular weight is 303 g/mol. The Balaban J connectivity index is 2.08. The van der Waals surface area contributed by atoms with Crippen molar-refractivity contribution in [3.8, 4) is 5.75 Å². The van der Waals surface area contributed by atoms with Gasteiger partial charge in [-0.1, -0.05) is 5.16 Å². The molecule has 0 aliphatic rings. The summed E-state index contributed by atoms with van der Waals surface area (Å²) in [6.45, 7) is 7.83. The molecule has 22 heavy (non-hydrogen) atoms. The van der Waals surface area contributed by atoms with E-state index in [4.69, 9.17) is 15.0 Å². The molecule has 1 heterocycles. The smallest absolute Gasteiger partial charge is 0.251 e. The zero-order chi connectivity index (χ0) is 16.3. The van der Waals surface area contributed by atoms with Crippen molar-refractivity contribution in [3.05, 3.63) is 40.8 Å². The van der Waals surface area contributed by atoms with Crippen LogP contribution in [0.4, 0.5) is 5.69 Å². The van der Waals surface area contributed by atoms with Crippen LogP contribution in [0.3, 0.4) is 0 Å². The van der Waals surface area contributed by atoms with Crippen LogP contribution in [0.1, 0.15) is 41.2 Å². The number of anilines is 1. The van der Waals surface area contributed by atoms with Gasteiger partial charge in [0.05, 0.1) is 16.9 Å². The number of hydrogen-bond acceptors (Lipinski definition) is 5. The molecule has 0 unspecified atom stereocenters. The van der Waals surface area contributed by atoms with Crippen molar-refractivity contribution in [2.75, 3.05) is 5.73 Å². The molecule has 3 N–H and O–H groups in total. The second-order valence-electron chi connectivity index (χ2n) is 5.47. The van der Waals surface area contributed by atoms with Crippen LogP contribution in [-0.2, 0) is 6.61 Å². The van der Waals surface area contributed by atoms with Crippen molar-refractivity contribution in [3.63, 3.8) is 0 Å². The van der Waals surface area contributed by atoms with E-state index in [0.29, 0.717) is 23.6 Å². The SMILES string of the molecule is Cc1noc(C)c1COc1ccc(C(=O)NC(C)C)cc1N. The number of rotatable bonds is 5. The lowest BCUT2D eigenvalue weighted by atomic mass is 10.1. The van der Waals surface area contributed by atoms with Gasteiger partial charge in [0.15, 0.2) is 0 Å². The summed E-state index contributed by atoms with van der Waals surface area (Å²) in [5.74, 6) is 1.10. The Kier molecular flexibility index (Phi) is 4.70. The van der Waals surface area contributed by atoms with E-state index < -0.39 is 0 Å². The van der Waals surface area contributed by atoms with E-state index in [1.165, 1.54) is 0 Å². The molecule has 1 aromatic carbocycles. The van der Waals surface area contributed by atoms with E-state index in [2.05, 4.69) is 10.5 Å². The van der Waals surface area contributed by atoms with Crippen LogP contribution in [0.5, 0.6) is 5.75 Å². The molecule has 0 spiro atoms. The molecule has 0 aliphatic carbocycles. The molecule has 6 nitrogen and oxygen atoms in total. The van der Waals surface area contributed by atoms with Crippen LogP contribution in [0.2, 0.25) is 0 Å². The maximum atomic E-state index is 11.9. The number of nitrogens with zero attached hydrogens (tertiary/aromatic N) is 1. The Morgan fingerprint density at radius 3 is 2.68 bits per heavy atom. The Labute approximate surface area is 129 Å². The summed E-state index contributed by atoms with van der Waals surface area (Å²) in [6.07, 6.45) is 0. The molecule has 0 saturated carbocycles. The van der Waals surface area contributed by atoms with E-state index in [-0.39, 0.29) is 11.9 Å². The van der Waals surface area contributed by atoms with Crippen LogP contribution in [0, 0.1) is 13.8 Å². The third kappa shape index (κ3) is 3.58. The fourth-order valence-electron chi connectivity index (χ4n) is 2.02. The van der Waals surface area contributed by atoms with E-state index in [1.54, 1.807) is 18.2 Å². The molecule has 118 valence electrons. The van der Waals surface area contributed by atoms with Crippen LogP contribution in [0.25, 0.3) is 0 Å². The third-order valence-electron chi connectivity index (χ3n) is 3.24. The number of hydrogen-bond donors (Lipinski definition) is 2. The Morgan fingerprint density at radius 2 is 2.14 bits per heavy atom. The van der Waals surface area contributed by atoms with E-state index in [0.717, 1.165) is 17.0 Å². The number of amides is 1. The maximum Gasteiger partial charge on any atom is 0.251 e. The minimum Gasteiger partial charge on any atom is -0.487 e. The van der Waals surface area contributed by atoms with Crippen LogP contribution >= 0.6 is 0 Å². The van der Waals surface area contributed by atoms with Crippen molar-refractivity contribution in [1.29, 1.82) is 0 Å². The monoisotopic (exact) mass is 303 g/mol. The highest BCUT2D eigenvalue weighted by Crippen LogP contribution is 2.24. The molecule has 2 aromatic rings. The van der Waals surface area contributed by atoms with Gasteiger partial charge in [-0.3, -0.25) is 4.79 Å². The Bertz CT molecular complexity index is 658. The van der Waals surface area contributed by atoms with Gasteiger partial charge in [0.1, 0.15) is 18.1 Å². The van der Waals surface area contributed by atoms with Gasteiger partial charge >= 0.3 is 0 Å². The van der Waals surface area contributed by atoms with Crippen molar-refractivity contribution in [2.24, 2.45) is 0 Å². The Hall–Kier alpha value is -2.50. The quantitative estimate of drug-likeness (QED) is 0.829. The average Bonchev–Trinajstić information content (AvgIpc) is 2.76. The van der Waals surface area contributed by atoms with Crippen molar-refractivity contribution in [2.45, 2.75) is 40.3 Å². The largest absolute Gasteiger partial charge is 0.487 e. The number of aromatic nitrogens is 1. The molecular formula is C16H21N3O3. The zero-order valence-corrected chi connectivity index (χ0v) is 13.3. The minimum atomic E-state index is -0.154. The lowest BCUT2D eigenvalue weighted by Crippen LogP contribution is -2.30. The molecule has 0 fully saturated rings. The topological polar surface area (TPSA) is 90.4 Å². The van der Waals surface area contributed by atoms with Crippen molar-refractivity contribution >= 4 is 11.6 Å². The normalized spacial score (nSPS) is 10.8. The second-order valence-corrected chi connectivity index (χ2v) is 5.47. The lowest BCUT2D eigenvalue weighted by Gasteiger charge is -2.12. The fraction of sp³-hybridized carbons (Fsp3) is 0.375. The molecule has 0 saturated heterocycles. The summed E-state index contributed by atoms with van der Waals surface area (Å²) in [5, 5.41) is 6.70. The first-order valence-corrected chi connectivity index (χ1v) is 7.13. The number of carbonyl (C=O) groups excluding carboxylic acids is 1. The number of ether oxygens (including phenoxy) is 1. The fourth-order valence-corrected chi connectivity index (χ4v) is 2.02. The number of nitrogen functional groups attached to an aromatic ring is 1. The maximum absolute atomic E-state index is 11.9. The van der Waals surface area contributed by atoms with E-state index >= 15 is 0 Å². The highest BCUT2D eigenvalue weighted by Gasteiger charge is 2.12.